The molecule has 0 saturated heterocycles. The molecular formula is C20H23N3O2S. The number of amides is 1. The summed E-state index contributed by atoms with van der Waals surface area (Å²) < 4.78 is 5.33. The minimum absolute atomic E-state index is 0.00375. The number of rotatable bonds is 9. The summed E-state index contributed by atoms with van der Waals surface area (Å²) in [6.07, 6.45) is 2.83. The number of hydrogen-bond donors (Lipinski definition) is 1. The molecule has 136 valence electrons. The minimum atomic E-state index is 0.00375. The minimum Gasteiger partial charge on any atom is -0.462 e. The average Bonchev–Trinajstić information content (AvgIpc) is 3.34. The zero-order valence-electron chi connectivity index (χ0n) is 14.9. The zero-order chi connectivity index (χ0) is 18.2. The first-order valence-electron chi connectivity index (χ1n) is 8.81. The van der Waals surface area contributed by atoms with Crippen molar-refractivity contribution in [3.63, 3.8) is 0 Å². The van der Waals surface area contributed by atoms with Crippen LogP contribution in [0.25, 0.3) is 10.8 Å². The molecule has 3 rings (SSSR count). The summed E-state index contributed by atoms with van der Waals surface area (Å²) in [6.45, 7) is 4.67. The van der Waals surface area contributed by atoms with E-state index in [9.17, 15) is 4.79 Å². The van der Waals surface area contributed by atoms with Gasteiger partial charge in [0.15, 0.2) is 10.8 Å². The van der Waals surface area contributed by atoms with E-state index in [0.717, 1.165) is 36.0 Å². The zero-order valence-corrected chi connectivity index (χ0v) is 15.7. The van der Waals surface area contributed by atoms with Gasteiger partial charge in [-0.05, 0) is 37.6 Å². The molecule has 0 aliphatic rings. The van der Waals surface area contributed by atoms with Gasteiger partial charge in [0.1, 0.15) is 0 Å². The third-order valence-electron chi connectivity index (χ3n) is 4.06. The van der Waals surface area contributed by atoms with Crippen LogP contribution in [0.3, 0.4) is 0 Å². The van der Waals surface area contributed by atoms with Gasteiger partial charge in [-0.15, -0.1) is 11.3 Å². The molecule has 5 nitrogen and oxygen atoms in total. The van der Waals surface area contributed by atoms with Crippen LogP contribution in [-0.4, -0.2) is 30.5 Å². The lowest BCUT2D eigenvalue weighted by molar-refractivity contribution is -0.120. The van der Waals surface area contributed by atoms with E-state index in [2.05, 4.69) is 34.3 Å². The quantitative estimate of drug-likeness (QED) is 0.580. The van der Waals surface area contributed by atoms with Crippen molar-refractivity contribution in [2.24, 2.45) is 0 Å². The number of benzene rings is 1. The predicted molar refractivity (Wildman–Crippen MR) is 105 cm³/mol. The lowest BCUT2D eigenvalue weighted by Gasteiger charge is -2.23. The summed E-state index contributed by atoms with van der Waals surface area (Å²) in [7, 11) is 0. The van der Waals surface area contributed by atoms with Crippen LogP contribution in [0.4, 0.5) is 5.69 Å². The molecule has 0 unspecified atom stereocenters. The average molecular weight is 369 g/mol. The van der Waals surface area contributed by atoms with Crippen LogP contribution in [0.1, 0.15) is 19.0 Å². The molecule has 1 amide bonds. The summed E-state index contributed by atoms with van der Waals surface area (Å²) in [4.78, 5) is 18.9. The Morgan fingerprint density at radius 1 is 1.23 bits per heavy atom. The second-order valence-electron chi connectivity index (χ2n) is 5.92. The molecule has 3 aromatic rings. The number of nitrogens with one attached hydrogen (secondary N) is 1. The van der Waals surface area contributed by atoms with Crippen molar-refractivity contribution in [3.05, 3.63) is 59.8 Å². The third-order valence-corrected chi connectivity index (χ3v) is 4.96. The van der Waals surface area contributed by atoms with Crippen molar-refractivity contribution in [1.82, 2.24) is 10.3 Å². The SMILES string of the molecule is CCN(CCCNC(=O)Cc1csc(-c2ccco2)n1)c1ccccc1. The summed E-state index contributed by atoms with van der Waals surface area (Å²) in [6, 6.07) is 14.0. The number of nitrogens with zero attached hydrogens (tertiary/aromatic N) is 2. The molecule has 26 heavy (non-hydrogen) atoms. The summed E-state index contributed by atoms with van der Waals surface area (Å²) in [5.41, 5.74) is 1.99. The Kier molecular flexibility index (Phi) is 6.44. The number of aromatic nitrogens is 1. The second-order valence-corrected chi connectivity index (χ2v) is 6.77. The largest absolute Gasteiger partial charge is 0.462 e. The highest BCUT2D eigenvalue weighted by Crippen LogP contribution is 2.24. The highest BCUT2D eigenvalue weighted by atomic mass is 32.1. The van der Waals surface area contributed by atoms with E-state index in [0.29, 0.717) is 13.0 Å². The van der Waals surface area contributed by atoms with Gasteiger partial charge in [0.05, 0.1) is 18.4 Å². The highest BCUT2D eigenvalue weighted by molar-refractivity contribution is 7.13. The van der Waals surface area contributed by atoms with E-state index in [1.54, 1.807) is 6.26 Å². The molecule has 2 aromatic heterocycles. The van der Waals surface area contributed by atoms with E-state index < -0.39 is 0 Å². The van der Waals surface area contributed by atoms with Crippen LogP contribution in [0.2, 0.25) is 0 Å². The Hall–Kier alpha value is -2.60. The maximum absolute atomic E-state index is 12.1. The first-order chi connectivity index (χ1) is 12.8. The fourth-order valence-electron chi connectivity index (χ4n) is 2.73. The Morgan fingerprint density at radius 3 is 2.81 bits per heavy atom. The first-order valence-corrected chi connectivity index (χ1v) is 9.69. The van der Waals surface area contributed by atoms with Gasteiger partial charge in [0.25, 0.3) is 0 Å². The lowest BCUT2D eigenvalue weighted by atomic mass is 10.2. The smallest absolute Gasteiger partial charge is 0.226 e. The fourth-order valence-corrected chi connectivity index (χ4v) is 3.52. The number of carbonyl (C=O) groups is 1. The maximum Gasteiger partial charge on any atom is 0.226 e. The van der Waals surface area contributed by atoms with Crippen molar-refractivity contribution in [1.29, 1.82) is 0 Å². The molecule has 0 aliphatic carbocycles. The van der Waals surface area contributed by atoms with Crippen LogP contribution >= 0.6 is 11.3 Å². The number of anilines is 1. The molecule has 0 aliphatic heterocycles. The fraction of sp³-hybridized carbons (Fsp3) is 0.300. The van der Waals surface area contributed by atoms with Crippen molar-refractivity contribution < 1.29 is 9.21 Å². The van der Waals surface area contributed by atoms with Gasteiger partial charge in [0.2, 0.25) is 5.91 Å². The van der Waals surface area contributed by atoms with E-state index in [1.807, 2.05) is 35.7 Å². The Bertz CT molecular complexity index is 800. The van der Waals surface area contributed by atoms with Gasteiger partial charge in [-0.2, -0.15) is 0 Å². The normalized spacial score (nSPS) is 10.7. The van der Waals surface area contributed by atoms with Gasteiger partial charge in [0, 0.05) is 30.7 Å². The summed E-state index contributed by atoms with van der Waals surface area (Å²) in [5, 5.41) is 5.69. The Labute approximate surface area is 157 Å². The number of thiazole rings is 1. The molecule has 2 heterocycles. The van der Waals surface area contributed by atoms with Gasteiger partial charge >= 0.3 is 0 Å². The number of furan rings is 1. The topological polar surface area (TPSA) is 58.4 Å². The van der Waals surface area contributed by atoms with E-state index in [-0.39, 0.29) is 5.91 Å². The van der Waals surface area contributed by atoms with E-state index in [4.69, 9.17) is 4.42 Å². The molecule has 6 heteroatoms. The van der Waals surface area contributed by atoms with Crippen molar-refractivity contribution in [2.75, 3.05) is 24.5 Å². The van der Waals surface area contributed by atoms with Crippen LogP contribution in [0.5, 0.6) is 0 Å². The highest BCUT2D eigenvalue weighted by Gasteiger charge is 2.10. The van der Waals surface area contributed by atoms with Gasteiger partial charge in [-0.3, -0.25) is 4.79 Å². The molecule has 0 atom stereocenters. The molecule has 1 aromatic carbocycles. The molecule has 0 saturated carbocycles. The Balaban J connectivity index is 1.40. The molecular weight excluding hydrogens is 346 g/mol. The summed E-state index contributed by atoms with van der Waals surface area (Å²) in [5.74, 6) is 0.742. The van der Waals surface area contributed by atoms with Crippen LogP contribution in [-0.2, 0) is 11.2 Å². The van der Waals surface area contributed by atoms with E-state index >= 15 is 0 Å². The maximum atomic E-state index is 12.1. The van der Waals surface area contributed by atoms with Gasteiger partial charge in [-0.25, -0.2) is 4.98 Å². The van der Waals surface area contributed by atoms with Crippen molar-refractivity contribution in [3.8, 4) is 10.8 Å². The predicted octanol–water partition coefficient (Wildman–Crippen LogP) is 3.98. The molecule has 0 fully saturated rings. The number of carbonyl (C=O) groups excluding carboxylic acids is 1. The Morgan fingerprint density at radius 2 is 2.08 bits per heavy atom. The molecule has 0 spiro atoms. The molecule has 1 N–H and O–H groups in total. The van der Waals surface area contributed by atoms with E-state index in [1.165, 1.54) is 17.0 Å². The van der Waals surface area contributed by atoms with Gasteiger partial charge < -0.3 is 14.6 Å². The van der Waals surface area contributed by atoms with Crippen molar-refractivity contribution >= 4 is 22.9 Å². The number of para-hydroxylation sites is 1. The molecule has 0 radical (unpaired) electrons. The second kappa shape index (κ2) is 9.20. The van der Waals surface area contributed by atoms with Gasteiger partial charge in [-0.1, -0.05) is 18.2 Å². The first kappa shape index (κ1) is 18.2. The summed E-state index contributed by atoms with van der Waals surface area (Å²) >= 11 is 1.49. The lowest BCUT2D eigenvalue weighted by Crippen LogP contribution is -2.30. The molecule has 0 bridgehead atoms. The van der Waals surface area contributed by atoms with Crippen LogP contribution in [0.15, 0.2) is 58.5 Å². The third kappa shape index (κ3) is 4.95. The van der Waals surface area contributed by atoms with Crippen molar-refractivity contribution in [2.45, 2.75) is 19.8 Å². The van der Waals surface area contributed by atoms with Crippen LogP contribution < -0.4 is 10.2 Å². The monoisotopic (exact) mass is 369 g/mol. The standard InChI is InChI=1S/C20H23N3O2S/c1-2-23(17-8-4-3-5-9-17)12-7-11-21-19(24)14-16-15-26-20(22-16)18-10-6-13-25-18/h3-6,8-10,13,15H,2,7,11-12,14H2,1H3,(H,21,24). The van der Waals surface area contributed by atoms with Crippen LogP contribution in [0, 0.1) is 0 Å². The number of hydrogen-bond acceptors (Lipinski definition) is 5.